The lowest BCUT2D eigenvalue weighted by atomic mass is 10.2. The Labute approximate surface area is 102 Å². The largest absolute Gasteiger partial charge is 0.298 e. The molecule has 0 N–H and O–H groups in total. The Morgan fingerprint density at radius 3 is 2.76 bits per heavy atom. The second-order valence-electron chi connectivity index (χ2n) is 3.99. The van der Waals surface area contributed by atoms with E-state index in [-0.39, 0.29) is 22.9 Å². The molecule has 3 rings (SSSR count). The average molecular weight is 270 g/mol. The molecule has 1 aromatic heterocycles. The van der Waals surface area contributed by atoms with Gasteiger partial charge in [-0.05, 0) is 23.6 Å². The van der Waals surface area contributed by atoms with E-state index in [0.29, 0.717) is 15.8 Å². The fourth-order valence-electron chi connectivity index (χ4n) is 2.08. The van der Waals surface area contributed by atoms with Crippen LogP contribution in [0.25, 0.3) is 10.8 Å². The van der Waals surface area contributed by atoms with E-state index in [2.05, 4.69) is 0 Å². The molecule has 0 saturated heterocycles. The monoisotopic (exact) mass is 269 g/mol. The maximum atomic E-state index is 12.1. The molecule has 0 spiro atoms. The first kappa shape index (κ1) is 10.8. The number of halogens is 1. The van der Waals surface area contributed by atoms with E-state index in [9.17, 15) is 13.2 Å². The highest BCUT2D eigenvalue weighted by atomic mass is 35.5. The molecule has 6 heteroatoms. The lowest BCUT2D eigenvalue weighted by Gasteiger charge is -2.04. The minimum atomic E-state index is -3.30. The van der Waals surface area contributed by atoms with E-state index in [1.807, 2.05) is 0 Å². The van der Waals surface area contributed by atoms with Crippen molar-refractivity contribution in [3.8, 4) is 0 Å². The van der Waals surface area contributed by atoms with Gasteiger partial charge in [0.1, 0.15) is 5.03 Å². The van der Waals surface area contributed by atoms with Gasteiger partial charge in [0, 0.05) is 17.0 Å². The van der Waals surface area contributed by atoms with Gasteiger partial charge in [-0.3, -0.25) is 9.36 Å². The molecule has 2 aromatic rings. The smallest absolute Gasteiger partial charge is 0.259 e. The number of benzene rings is 1. The SMILES string of the molecule is O=c1c2cc(Cl)ccc2cc2n1CCS2(=O)=O. The number of nitrogens with zero attached hydrogens (tertiary/aromatic N) is 1. The summed E-state index contributed by atoms with van der Waals surface area (Å²) in [6, 6.07) is 6.41. The molecule has 2 heterocycles. The third-order valence-electron chi connectivity index (χ3n) is 2.94. The molecule has 0 saturated carbocycles. The molecule has 0 atom stereocenters. The Bertz CT molecular complexity index is 792. The van der Waals surface area contributed by atoms with Gasteiger partial charge in [0.2, 0.25) is 0 Å². The van der Waals surface area contributed by atoms with Gasteiger partial charge in [0.15, 0.2) is 9.84 Å². The first-order chi connectivity index (χ1) is 7.99. The van der Waals surface area contributed by atoms with Crippen LogP contribution in [0.2, 0.25) is 5.02 Å². The van der Waals surface area contributed by atoms with Crippen molar-refractivity contribution in [3.63, 3.8) is 0 Å². The summed E-state index contributed by atoms with van der Waals surface area (Å²) in [7, 11) is -3.30. The van der Waals surface area contributed by atoms with Crippen molar-refractivity contribution < 1.29 is 8.42 Å². The Balaban J connectivity index is 2.52. The molecular formula is C11H8ClNO3S. The van der Waals surface area contributed by atoms with Gasteiger partial charge in [-0.25, -0.2) is 8.42 Å². The van der Waals surface area contributed by atoms with Crippen LogP contribution in [0.4, 0.5) is 0 Å². The van der Waals surface area contributed by atoms with Crippen molar-refractivity contribution in [1.29, 1.82) is 0 Å². The summed E-state index contributed by atoms with van der Waals surface area (Å²) >= 11 is 5.83. The van der Waals surface area contributed by atoms with Gasteiger partial charge in [0.25, 0.3) is 5.56 Å². The number of pyridine rings is 1. The maximum Gasteiger partial charge on any atom is 0.259 e. The van der Waals surface area contributed by atoms with Crippen LogP contribution >= 0.6 is 11.6 Å². The average Bonchev–Trinajstić information content (AvgIpc) is 2.57. The summed E-state index contributed by atoms with van der Waals surface area (Å²) in [4.78, 5) is 12.1. The Morgan fingerprint density at radius 2 is 2.00 bits per heavy atom. The first-order valence-corrected chi connectivity index (χ1v) is 7.08. The molecule has 0 bridgehead atoms. The van der Waals surface area contributed by atoms with Gasteiger partial charge in [-0.2, -0.15) is 0 Å². The molecule has 0 amide bonds. The Kier molecular flexibility index (Phi) is 2.12. The van der Waals surface area contributed by atoms with Gasteiger partial charge in [-0.1, -0.05) is 17.7 Å². The second kappa shape index (κ2) is 3.34. The fraction of sp³-hybridized carbons (Fsp3) is 0.182. The minimum Gasteiger partial charge on any atom is -0.298 e. The van der Waals surface area contributed by atoms with Crippen molar-refractivity contribution in [1.82, 2.24) is 4.57 Å². The molecule has 0 unspecified atom stereocenters. The zero-order chi connectivity index (χ0) is 12.2. The van der Waals surface area contributed by atoms with Crippen LogP contribution in [0.1, 0.15) is 0 Å². The predicted molar refractivity (Wildman–Crippen MR) is 65.3 cm³/mol. The van der Waals surface area contributed by atoms with Gasteiger partial charge >= 0.3 is 0 Å². The number of hydrogen-bond donors (Lipinski definition) is 0. The van der Waals surface area contributed by atoms with Crippen LogP contribution in [0, 0.1) is 0 Å². The van der Waals surface area contributed by atoms with E-state index in [0.717, 1.165) is 0 Å². The van der Waals surface area contributed by atoms with E-state index in [1.54, 1.807) is 18.2 Å². The highest BCUT2D eigenvalue weighted by Crippen LogP contribution is 2.23. The number of fused-ring (bicyclic) bond motifs is 2. The van der Waals surface area contributed by atoms with E-state index < -0.39 is 9.84 Å². The lowest BCUT2D eigenvalue weighted by Crippen LogP contribution is -2.19. The third-order valence-corrected chi connectivity index (χ3v) is 4.87. The van der Waals surface area contributed by atoms with E-state index in [4.69, 9.17) is 11.6 Å². The number of rotatable bonds is 0. The van der Waals surface area contributed by atoms with Crippen molar-refractivity contribution in [2.75, 3.05) is 5.75 Å². The summed E-state index contributed by atoms with van der Waals surface area (Å²) in [5, 5.41) is 1.64. The van der Waals surface area contributed by atoms with Crippen molar-refractivity contribution in [2.45, 2.75) is 11.6 Å². The molecule has 0 radical (unpaired) electrons. The van der Waals surface area contributed by atoms with E-state index >= 15 is 0 Å². The van der Waals surface area contributed by atoms with Crippen LogP contribution in [-0.4, -0.2) is 18.7 Å². The highest BCUT2D eigenvalue weighted by molar-refractivity contribution is 7.91. The molecule has 88 valence electrons. The van der Waals surface area contributed by atoms with Crippen LogP contribution in [0.5, 0.6) is 0 Å². The molecule has 1 aliphatic rings. The summed E-state index contributed by atoms with van der Waals surface area (Å²) in [6.07, 6.45) is 0. The van der Waals surface area contributed by atoms with Crippen molar-refractivity contribution in [2.24, 2.45) is 0 Å². The molecule has 1 aliphatic heterocycles. The zero-order valence-corrected chi connectivity index (χ0v) is 10.3. The standard InChI is InChI=1S/C11H8ClNO3S/c12-8-2-1-7-5-10-13(3-4-17(10,15)16)11(14)9(7)6-8/h1-2,5-6H,3-4H2. The lowest BCUT2D eigenvalue weighted by molar-refractivity contribution is 0.598. The molecule has 0 fully saturated rings. The molecule has 1 aromatic carbocycles. The van der Waals surface area contributed by atoms with Crippen molar-refractivity contribution in [3.05, 3.63) is 39.6 Å². The fourth-order valence-corrected chi connectivity index (χ4v) is 3.70. The normalized spacial score (nSPS) is 17.2. The van der Waals surface area contributed by atoms with Gasteiger partial charge < -0.3 is 0 Å². The Hall–Kier alpha value is -1.33. The van der Waals surface area contributed by atoms with Crippen LogP contribution in [0.3, 0.4) is 0 Å². The minimum absolute atomic E-state index is 0.00764. The van der Waals surface area contributed by atoms with Gasteiger partial charge in [-0.15, -0.1) is 0 Å². The zero-order valence-electron chi connectivity index (χ0n) is 8.68. The summed E-state index contributed by atoms with van der Waals surface area (Å²) in [5.41, 5.74) is -0.291. The molecule has 4 nitrogen and oxygen atoms in total. The van der Waals surface area contributed by atoms with E-state index in [1.165, 1.54) is 10.6 Å². The molecule has 17 heavy (non-hydrogen) atoms. The number of aromatic nitrogens is 1. The topological polar surface area (TPSA) is 56.1 Å². The number of sulfone groups is 1. The van der Waals surface area contributed by atoms with Crippen LogP contribution in [-0.2, 0) is 16.4 Å². The highest BCUT2D eigenvalue weighted by Gasteiger charge is 2.27. The quantitative estimate of drug-likeness (QED) is 0.727. The second-order valence-corrected chi connectivity index (χ2v) is 6.48. The van der Waals surface area contributed by atoms with Crippen LogP contribution < -0.4 is 5.56 Å². The summed E-state index contributed by atoms with van der Waals surface area (Å²) in [5.74, 6) is -0.00764. The van der Waals surface area contributed by atoms with Crippen LogP contribution in [0.15, 0.2) is 34.1 Å². The van der Waals surface area contributed by atoms with Gasteiger partial charge in [0.05, 0.1) is 5.75 Å². The summed E-state index contributed by atoms with van der Waals surface area (Å²) in [6.45, 7) is 0.221. The third kappa shape index (κ3) is 1.50. The first-order valence-electron chi connectivity index (χ1n) is 5.05. The predicted octanol–water partition coefficient (Wildman–Crippen LogP) is 1.44. The Morgan fingerprint density at radius 1 is 1.24 bits per heavy atom. The molecule has 0 aliphatic carbocycles. The number of hydrogen-bond acceptors (Lipinski definition) is 3. The summed E-state index contributed by atoms with van der Waals surface area (Å²) < 4.78 is 24.8. The van der Waals surface area contributed by atoms with Crippen molar-refractivity contribution >= 4 is 32.2 Å². The maximum absolute atomic E-state index is 12.1. The molecular weight excluding hydrogens is 262 g/mol.